The van der Waals surface area contributed by atoms with Gasteiger partial charge in [-0.25, -0.2) is 0 Å². The van der Waals surface area contributed by atoms with Crippen LogP contribution in [-0.2, 0) is 4.79 Å². The number of carbonyl (C=O) groups is 1. The van der Waals surface area contributed by atoms with Crippen molar-refractivity contribution in [3.8, 4) is 0 Å². The number of nitrogens with one attached hydrogen (secondary N) is 1. The zero-order valence-electron chi connectivity index (χ0n) is 13.2. The lowest BCUT2D eigenvalue weighted by Gasteiger charge is -2.44. The number of carbonyl (C=O) groups excluding carboxylic acids is 1. The monoisotopic (exact) mass is 269 g/mol. The molecule has 1 aliphatic carbocycles. The molecule has 4 heteroatoms. The zero-order chi connectivity index (χ0) is 14.6. The van der Waals surface area contributed by atoms with Crippen molar-refractivity contribution in [2.24, 2.45) is 5.73 Å². The van der Waals surface area contributed by atoms with E-state index in [0.29, 0.717) is 12.1 Å². The van der Waals surface area contributed by atoms with Gasteiger partial charge in [0, 0.05) is 18.1 Å². The van der Waals surface area contributed by atoms with E-state index in [0.717, 1.165) is 32.1 Å². The van der Waals surface area contributed by atoms with Crippen molar-refractivity contribution >= 4 is 5.91 Å². The van der Waals surface area contributed by atoms with Gasteiger partial charge in [-0.15, -0.1) is 0 Å². The van der Waals surface area contributed by atoms with Crippen molar-refractivity contribution in [2.75, 3.05) is 7.05 Å². The molecule has 0 aliphatic heterocycles. The Kier molecular flexibility index (Phi) is 5.81. The highest BCUT2D eigenvalue weighted by molar-refractivity contribution is 5.85. The highest BCUT2D eigenvalue weighted by atomic mass is 16.1. The van der Waals surface area contributed by atoms with Crippen LogP contribution in [0.3, 0.4) is 0 Å². The molecule has 112 valence electrons. The van der Waals surface area contributed by atoms with Crippen molar-refractivity contribution in [1.29, 1.82) is 0 Å². The van der Waals surface area contributed by atoms with Crippen LogP contribution in [0, 0.1) is 0 Å². The first kappa shape index (κ1) is 16.4. The van der Waals surface area contributed by atoms with Crippen LogP contribution in [0.25, 0.3) is 0 Å². The average Bonchev–Trinajstić information content (AvgIpc) is 2.36. The predicted molar refractivity (Wildman–Crippen MR) is 80.0 cm³/mol. The maximum atomic E-state index is 12.0. The van der Waals surface area contributed by atoms with Gasteiger partial charge in [0.2, 0.25) is 5.91 Å². The maximum absolute atomic E-state index is 12.0. The van der Waals surface area contributed by atoms with Gasteiger partial charge in [0.15, 0.2) is 0 Å². The molecule has 4 nitrogen and oxygen atoms in total. The summed E-state index contributed by atoms with van der Waals surface area (Å²) >= 11 is 0. The Morgan fingerprint density at radius 1 is 1.47 bits per heavy atom. The average molecular weight is 269 g/mol. The first-order valence-corrected chi connectivity index (χ1v) is 7.62. The Bertz CT molecular complexity index is 306. The molecule has 1 amide bonds. The van der Waals surface area contributed by atoms with E-state index in [1.807, 2.05) is 0 Å². The van der Waals surface area contributed by atoms with Gasteiger partial charge in [0.25, 0.3) is 0 Å². The van der Waals surface area contributed by atoms with Gasteiger partial charge in [-0.2, -0.15) is 0 Å². The van der Waals surface area contributed by atoms with Crippen molar-refractivity contribution in [1.82, 2.24) is 10.2 Å². The molecule has 0 radical (unpaired) electrons. The van der Waals surface area contributed by atoms with E-state index in [4.69, 9.17) is 5.73 Å². The molecule has 1 rings (SSSR count). The van der Waals surface area contributed by atoms with Crippen molar-refractivity contribution in [3.05, 3.63) is 0 Å². The van der Waals surface area contributed by atoms with Crippen LogP contribution < -0.4 is 11.1 Å². The third kappa shape index (κ3) is 3.93. The quantitative estimate of drug-likeness (QED) is 0.774. The van der Waals surface area contributed by atoms with E-state index in [2.05, 4.69) is 45.0 Å². The zero-order valence-corrected chi connectivity index (χ0v) is 13.2. The van der Waals surface area contributed by atoms with Gasteiger partial charge in [-0.05, 0) is 59.9 Å². The van der Waals surface area contributed by atoms with E-state index in [-0.39, 0.29) is 11.9 Å². The van der Waals surface area contributed by atoms with Gasteiger partial charge in [0.1, 0.15) is 0 Å². The van der Waals surface area contributed by atoms with E-state index in [9.17, 15) is 4.79 Å². The lowest BCUT2D eigenvalue weighted by molar-refractivity contribution is -0.127. The topological polar surface area (TPSA) is 58.4 Å². The van der Waals surface area contributed by atoms with Gasteiger partial charge < -0.3 is 16.0 Å². The molecular weight excluding hydrogens is 238 g/mol. The van der Waals surface area contributed by atoms with Crippen molar-refractivity contribution in [2.45, 2.75) is 83.5 Å². The van der Waals surface area contributed by atoms with Crippen LogP contribution in [0.1, 0.15) is 59.8 Å². The molecule has 0 saturated heterocycles. The fourth-order valence-electron chi connectivity index (χ4n) is 3.22. The second-order valence-electron chi connectivity index (χ2n) is 6.42. The first-order valence-electron chi connectivity index (χ1n) is 7.62. The summed E-state index contributed by atoms with van der Waals surface area (Å²) in [5.74, 6) is -0.191. The molecule has 0 spiro atoms. The minimum absolute atomic E-state index is 0.191. The number of hydrogen-bond donors (Lipinski definition) is 2. The molecule has 1 fully saturated rings. The summed E-state index contributed by atoms with van der Waals surface area (Å²) < 4.78 is 0. The van der Waals surface area contributed by atoms with Crippen LogP contribution in [0.15, 0.2) is 0 Å². The van der Waals surface area contributed by atoms with Gasteiger partial charge in [-0.1, -0.05) is 6.92 Å². The third-order valence-electron chi connectivity index (χ3n) is 4.62. The third-order valence-corrected chi connectivity index (χ3v) is 4.62. The van der Waals surface area contributed by atoms with Crippen LogP contribution in [0.2, 0.25) is 0 Å². The molecule has 1 saturated carbocycles. The fourth-order valence-corrected chi connectivity index (χ4v) is 3.22. The van der Waals surface area contributed by atoms with Gasteiger partial charge in [-0.3, -0.25) is 4.79 Å². The number of nitrogens with two attached hydrogens (primary N) is 1. The minimum atomic E-state index is -0.515. The molecule has 0 aromatic rings. The summed E-state index contributed by atoms with van der Waals surface area (Å²) in [7, 11) is 2.17. The summed E-state index contributed by atoms with van der Waals surface area (Å²) in [5, 5.41) is 3.44. The van der Waals surface area contributed by atoms with Crippen molar-refractivity contribution < 1.29 is 4.79 Å². The number of amides is 1. The summed E-state index contributed by atoms with van der Waals surface area (Å²) in [6, 6.07) is 1.27. The Labute approximate surface area is 118 Å². The van der Waals surface area contributed by atoms with Crippen molar-refractivity contribution in [3.63, 3.8) is 0 Å². The molecule has 0 heterocycles. The lowest BCUT2D eigenvalue weighted by atomic mass is 9.77. The van der Waals surface area contributed by atoms with E-state index >= 15 is 0 Å². The second-order valence-corrected chi connectivity index (χ2v) is 6.42. The molecule has 3 unspecified atom stereocenters. The summed E-state index contributed by atoms with van der Waals surface area (Å²) in [4.78, 5) is 14.4. The summed E-state index contributed by atoms with van der Waals surface area (Å²) in [6.07, 6.45) is 5.06. The van der Waals surface area contributed by atoms with Crippen LogP contribution in [-0.4, -0.2) is 41.5 Å². The normalized spacial score (nSPS) is 29.7. The molecule has 3 atom stereocenters. The molecule has 0 aromatic carbocycles. The summed E-state index contributed by atoms with van der Waals surface area (Å²) in [5.41, 5.74) is 5.19. The first-order chi connectivity index (χ1) is 8.82. The smallest absolute Gasteiger partial charge is 0.237 e. The second kappa shape index (κ2) is 6.71. The molecule has 0 bridgehead atoms. The molecule has 19 heavy (non-hydrogen) atoms. The van der Waals surface area contributed by atoms with E-state index < -0.39 is 5.54 Å². The van der Waals surface area contributed by atoms with Crippen LogP contribution >= 0.6 is 0 Å². The Hall–Kier alpha value is -0.610. The van der Waals surface area contributed by atoms with Crippen LogP contribution in [0.4, 0.5) is 0 Å². The predicted octanol–water partition coefficient (Wildman–Crippen LogP) is 1.88. The Morgan fingerprint density at radius 2 is 2.11 bits per heavy atom. The Morgan fingerprint density at radius 3 is 2.58 bits per heavy atom. The maximum Gasteiger partial charge on any atom is 0.237 e. The molecular formula is C15H31N3O. The van der Waals surface area contributed by atoms with Gasteiger partial charge >= 0.3 is 0 Å². The number of rotatable bonds is 6. The number of primary amides is 1. The Balaban J connectivity index is 2.82. The highest BCUT2D eigenvalue weighted by Crippen LogP contribution is 2.32. The van der Waals surface area contributed by atoms with Gasteiger partial charge in [0.05, 0.1) is 5.54 Å². The number of nitrogens with zero attached hydrogens (tertiary/aromatic N) is 1. The fraction of sp³-hybridized carbons (Fsp3) is 0.933. The SMILES string of the molecule is CCC(C)N(C)C1CCCC(NC(C)C)(C(N)=O)C1. The van der Waals surface area contributed by atoms with E-state index in [1.165, 1.54) is 0 Å². The van der Waals surface area contributed by atoms with E-state index in [1.54, 1.807) is 0 Å². The standard InChI is InChI=1S/C15H31N3O/c1-6-12(4)18(5)13-8-7-9-15(10-13,14(16)19)17-11(2)3/h11-13,17H,6-10H2,1-5H3,(H2,16,19). The molecule has 3 N–H and O–H groups in total. The highest BCUT2D eigenvalue weighted by Gasteiger charge is 2.42. The molecule has 1 aliphatic rings. The summed E-state index contributed by atoms with van der Waals surface area (Å²) in [6.45, 7) is 8.60. The molecule has 0 aromatic heterocycles. The van der Waals surface area contributed by atoms with Crippen LogP contribution in [0.5, 0.6) is 0 Å². The number of hydrogen-bond acceptors (Lipinski definition) is 3. The largest absolute Gasteiger partial charge is 0.368 e. The lowest BCUT2D eigenvalue weighted by Crippen LogP contribution is -2.62. The minimum Gasteiger partial charge on any atom is -0.368 e.